The molecule has 2 heteroatoms. The Labute approximate surface area is 49.5 Å². The van der Waals surface area contributed by atoms with E-state index in [1.807, 2.05) is 6.92 Å². The Morgan fingerprint density at radius 2 is 2.25 bits per heavy atom. The second kappa shape index (κ2) is 3.50. The predicted octanol–water partition coefficient (Wildman–Crippen LogP) is 1.08. The minimum atomic E-state index is 0.0833. The van der Waals surface area contributed by atoms with Gasteiger partial charge < -0.3 is 10.2 Å². The van der Waals surface area contributed by atoms with Gasteiger partial charge in [0.1, 0.15) is 0 Å². The number of rotatable bonds is 2. The zero-order chi connectivity index (χ0) is 6.57. The van der Waals surface area contributed by atoms with Crippen LogP contribution in [0.2, 0.25) is 0 Å². The minimum absolute atomic E-state index is 0.0833. The molecule has 0 aromatic carbocycles. The van der Waals surface area contributed by atoms with Gasteiger partial charge in [0.2, 0.25) is 0 Å². The molecule has 0 radical (unpaired) electrons. The largest absolute Gasteiger partial charge is 0.516 e. The lowest BCUT2D eigenvalue weighted by Crippen LogP contribution is -2.01. The van der Waals surface area contributed by atoms with E-state index in [-0.39, 0.29) is 12.5 Å². The molecule has 0 rings (SSSR count). The molecule has 0 fully saturated rings. The highest BCUT2D eigenvalue weighted by molar-refractivity contribution is 4.96. The third kappa shape index (κ3) is 1.98. The highest BCUT2D eigenvalue weighted by Crippen LogP contribution is 2.05. The summed E-state index contributed by atoms with van der Waals surface area (Å²) in [7, 11) is 0. The van der Waals surface area contributed by atoms with Gasteiger partial charge >= 0.3 is 0 Å². The summed E-state index contributed by atoms with van der Waals surface area (Å²) in [5.74, 6) is 0.0833. The van der Waals surface area contributed by atoms with Crippen molar-refractivity contribution in [1.82, 2.24) is 0 Å². The molecule has 0 aromatic rings. The first kappa shape index (κ1) is 7.50. The zero-order valence-electron chi connectivity index (χ0n) is 5.26. The number of aliphatic hydroxyl groups excluding tert-OH is 2. The summed E-state index contributed by atoms with van der Waals surface area (Å²) >= 11 is 0. The fourth-order valence-electron chi connectivity index (χ4n) is 0.271. The highest BCUT2D eigenvalue weighted by Gasteiger charge is 1.99. The molecule has 0 heterocycles. The van der Waals surface area contributed by atoms with Gasteiger partial charge in [-0.3, -0.25) is 0 Å². The first-order chi connectivity index (χ1) is 3.72. The van der Waals surface area contributed by atoms with E-state index < -0.39 is 0 Å². The molecule has 0 saturated heterocycles. The molecule has 0 saturated carbocycles. The van der Waals surface area contributed by atoms with E-state index >= 15 is 0 Å². The van der Waals surface area contributed by atoms with Gasteiger partial charge in [-0.25, -0.2) is 0 Å². The van der Waals surface area contributed by atoms with Crippen molar-refractivity contribution in [2.45, 2.75) is 13.8 Å². The Kier molecular flexibility index (Phi) is 3.28. The molecule has 1 unspecified atom stereocenters. The molecular formula is C6H12O2. The summed E-state index contributed by atoms with van der Waals surface area (Å²) in [5.41, 5.74) is 0.813. The van der Waals surface area contributed by atoms with Gasteiger partial charge in [0, 0.05) is 12.5 Å². The van der Waals surface area contributed by atoms with Gasteiger partial charge in [-0.05, 0) is 12.5 Å². The SMILES string of the molecule is C/C(=C\O)C(C)CO. The summed E-state index contributed by atoms with van der Waals surface area (Å²) in [6, 6.07) is 0. The molecule has 2 N–H and O–H groups in total. The Balaban J connectivity index is 3.63. The highest BCUT2D eigenvalue weighted by atomic mass is 16.3. The molecular weight excluding hydrogens is 104 g/mol. The van der Waals surface area contributed by atoms with Crippen LogP contribution in [-0.4, -0.2) is 16.8 Å². The molecule has 0 aromatic heterocycles. The Morgan fingerprint density at radius 1 is 1.75 bits per heavy atom. The summed E-state index contributed by atoms with van der Waals surface area (Å²) in [6.07, 6.45) is 1.03. The Hall–Kier alpha value is -0.500. The normalized spacial score (nSPS) is 16.1. The molecule has 0 amide bonds. The molecule has 0 aliphatic rings. The van der Waals surface area contributed by atoms with E-state index in [9.17, 15) is 0 Å². The maximum absolute atomic E-state index is 8.48. The minimum Gasteiger partial charge on any atom is -0.516 e. The Morgan fingerprint density at radius 3 is 2.38 bits per heavy atom. The van der Waals surface area contributed by atoms with Crippen LogP contribution in [0.4, 0.5) is 0 Å². The molecule has 0 aliphatic carbocycles. The maximum atomic E-state index is 8.48. The lowest BCUT2D eigenvalue weighted by atomic mass is 10.1. The van der Waals surface area contributed by atoms with Gasteiger partial charge in [-0.1, -0.05) is 6.92 Å². The predicted molar refractivity (Wildman–Crippen MR) is 32.6 cm³/mol. The fourth-order valence-corrected chi connectivity index (χ4v) is 0.271. The quantitative estimate of drug-likeness (QED) is 0.530. The topological polar surface area (TPSA) is 40.5 Å². The maximum Gasteiger partial charge on any atom is 0.0784 e. The molecule has 0 aliphatic heterocycles. The zero-order valence-corrected chi connectivity index (χ0v) is 5.26. The van der Waals surface area contributed by atoms with Crippen molar-refractivity contribution >= 4 is 0 Å². The van der Waals surface area contributed by atoms with Crippen LogP contribution < -0.4 is 0 Å². The molecule has 1 atom stereocenters. The number of hydrogen-bond acceptors (Lipinski definition) is 2. The van der Waals surface area contributed by atoms with Crippen LogP contribution in [0.25, 0.3) is 0 Å². The van der Waals surface area contributed by atoms with Gasteiger partial charge in [0.05, 0.1) is 6.26 Å². The van der Waals surface area contributed by atoms with E-state index in [1.54, 1.807) is 6.92 Å². The summed E-state index contributed by atoms with van der Waals surface area (Å²) < 4.78 is 0. The van der Waals surface area contributed by atoms with Crippen LogP contribution in [0.15, 0.2) is 11.8 Å². The van der Waals surface area contributed by atoms with Gasteiger partial charge in [0.15, 0.2) is 0 Å². The first-order valence-corrected chi connectivity index (χ1v) is 2.64. The summed E-state index contributed by atoms with van der Waals surface area (Å²) in [6.45, 7) is 3.73. The van der Waals surface area contributed by atoms with E-state index in [1.165, 1.54) is 0 Å². The molecule has 0 bridgehead atoms. The molecule has 0 spiro atoms. The second-order valence-electron chi connectivity index (χ2n) is 1.96. The van der Waals surface area contributed by atoms with E-state index in [0.717, 1.165) is 11.8 Å². The second-order valence-corrected chi connectivity index (χ2v) is 1.96. The molecule has 8 heavy (non-hydrogen) atoms. The van der Waals surface area contributed by atoms with Crippen molar-refractivity contribution in [3.63, 3.8) is 0 Å². The lowest BCUT2D eigenvalue weighted by molar-refractivity contribution is 0.253. The lowest BCUT2D eigenvalue weighted by Gasteiger charge is -2.04. The van der Waals surface area contributed by atoms with Gasteiger partial charge in [-0.15, -0.1) is 0 Å². The molecule has 2 nitrogen and oxygen atoms in total. The fraction of sp³-hybridized carbons (Fsp3) is 0.667. The van der Waals surface area contributed by atoms with Crippen molar-refractivity contribution < 1.29 is 10.2 Å². The smallest absolute Gasteiger partial charge is 0.0784 e. The number of hydrogen-bond donors (Lipinski definition) is 2. The summed E-state index contributed by atoms with van der Waals surface area (Å²) in [5, 5.41) is 16.8. The van der Waals surface area contributed by atoms with Gasteiger partial charge in [0.25, 0.3) is 0 Å². The van der Waals surface area contributed by atoms with E-state index in [0.29, 0.717) is 0 Å². The Bertz CT molecular complexity index is 86.5. The summed E-state index contributed by atoms with van der Waals surface area (Å²) in [4.78, 5) is 0. The third-order valence-electron chi connectivity index (χ3n) is 1.25. The van der Waals surface area contributed by atoms with Crippen LogP contribution in [0, 0.1) is 5.92 Å². The van der Waals surface area contributed by atoms with Crippen LogP contribution in [0.5, 0.6) is 0 Å². The van der Waals surface area contributed by atoms with Crippen LogP contribution in [0.3, 0.4) is 0 Å². The average molecular weight is 116 g/mol. The molecule has 48 valence electrons. The van der Waals surface area contributed by atoms with E-state index in [2.05, 4.69) is 0 Å². The standard InChI is InChI=1S/C6H12O2/c1-5(3-7)6(2)4-8/h3,6-8H,4H2,1-2H3/b5-3+. The van der Waals surface area contributed by atoms with E-state index in [4.69, 9.17) is 10.2 Å². The number of aliphatic hydroxyl groups is 2. The van der Waals surface area contributed by atoms with Crippen molar-refractivity contribution in [2.75, 3.05) is 6.61 Å². The van der Waals surface area contributed by atoms with Crippen molar-refractivity contribution in [2.24, 2.45) is 5.92 Å². The van der Waals surface area contributed by atoms with Crippen molar-refractivity contribution in [3.05, 3.63) is 11.8 Å². The van der Waals surface area contributed by atoms with Gasteiger partial charge in [-0.2, -0.15) is 0 Å². The van der Waals surface area contributed by atoms with Crippen molar-refractivity contribution in [3.8, 4) is 0 Å². The van der Waals surface area contributed by atoms with Crippen LogP contribution in [0.1, 0.15) is 13.8 Å². The van der Waals surface area contributed by atoms with Crippen LogP contribution in [-0.2, 0) is 0 Å². The third-order valence-corrected chi connectivity index (χ3v) is 1.25. The monoisotopic (exact) mass is 116 g/mol. The van der Waals surface area contributed by atoms with Crippen molar-refractivity contribution in [1.29, 1.82) is 0 Å². The first-order valence-electron chi connectivity index (χ1n) is 2.64. The van der Waals surface area contributed by atoms with Crippen LogP contribution >= 0.6 is 0 Å². The average Bonchev–Trinajstić information content (AvgIpc) is 1.84.